The third-order valence-electron chi connectivity index (χ3n) is 5.26. The van der Waals surface area contributed by atoms with Crippen LogP contribution in [0.5, 0.6) is 0 Å². The van der Waals surface area contributed by atoms with Gasteiger partial charge in [0, 0.05) is 12.0 Å². The van der Waals surface area contributed by atoms with E-state index < -0.39 is 23.5 Å². The summed E-state index contributed by atoms with van der Waals surface area (Å²) < 4.78 is 84.1. The molecular weight excluding hydrogens is 396 g/mol. The molecule has 2 aromatic carbocycles. The topological polar surface area (TPSA) is 21.3 Å². The first-order valence-electron chi connectivity index (χ1n) is 9.22. The maximum absolute atomic E-state index is 13.0. The number of rotatable bonds is 5. The maximum atomic E-state index is 13.0. The van der Waals surface area contributed by atoms with Gasteiger partial charge in [0.15, 0.2) is 0 Å². The van der Waals surface area contributed by atoms with Crippen molar-refractivity contribution in [3.8, 4) is 0 Å². The van der Waals surface area contributed by atoms with E-state index in [-0.39, 0.29) is 36.3 Å². The highest BCUT2D eigenvalue weighted by atomic mass is 19.4. The fourth-order valence-corrected chi connectivity index (χ4v) is 3.90. The predicted octanol–water partition coefficient (Wildman–Crippen LogP) is 5.78. The average Bonchev–Trinajstić information content (AvgIpc) is 3.08. The van der Waals surface area contributed by atoms with Crippen molar-refractivity contribution in [1.82, 2.24) is 5.32 Å². The van der Waals surface area contributed by atoms with Crippen molar-refractivity contribution in [1.29, 1.82) is 0 Å². The van der Waals surface area contributed by atoms with Gasteiger partial charge >= 0.3 is 12.4 Å². The summed E-state index contributed by atoms with van der Waals surface area (Å²) in [5, 5.41) is 3.22. The first-order valence-corrected chi connectivity index (χ1v) is 9.22. The van der Waals surface area contributed by atoms with E-state index in [1.807, 2.05) is 37.4 Å². The molecule has 0 spiro atoms. The molecule has 29 heavy (non-hydrogen) atoms. The minimum absolute atomic E-state index is 0.0333. The second kappa shape index (κ2) is 8.36. The van der Waals surface area contributed by atoms with Crippen molar-refractivity contribution < 1.29 is 31.1 Å². The molecule has 158 valence electrons. The first kappa shape index (κ1) is 21.6. The van der Waals surface area contributed by atoms with Crippen LogP contribution in [0.25, 0.3) is 0 Å². The Balaban J connectivity index is 1.83. The van der Waals surface area contributed by atoms with Crippen molar-refractivity contribution in [3.05, 3.63) is 70.8 Å². The lowest BCUT2D eigenvalue weighted by molar-refractivity contribution is -0.143. The molecule has 2 aromatic rings. The largest absolute Gasteiger partial charge is 0.416 e. The zero-order valence-corrected chi connectivity index (χ0v) is 15.6. The first-order chi connectivity index (χ1) is 13.6. The van der Waals surface area contributed by atoms with E-state index in [1.165, 1.54) is 0 Å². The number of benzene rings is 2. The number of halogens is 6. The van der Waals surface area contributed by atoms with Gasteiger partial charge in [-0.15, -0.1) is 0 Å². The molecule has 3 rings (SSSR count). The maximum Gasteiger partial charge on any atom is 0.416 e. The highest BCUT2D eigenvalue weighted by Crippen LogP contribution is 2.39. The Morgan fingerprint density at radius 2 is 1.48 bits per heavy atom. The number of likely N-dealkylation sites (N-methyl/N-ethyl adjacent to an activating group) is 1. The zero-order valence-electron chi connectivity index (χ0n) is 15.6. The second-order valence-corrected chi connectivity index (χ2v) is 7.17. The van der Waals surface area contributed by atoms with Crippen molar-refractivity contribution in [2.45, 2.75) is 49.9 Å². The van der Waals surface area contributed by atoms with E-state index in [0.717, 1.165) is 24.1 Å². The molecule has 0 radical (unpaired) electrons. The van der Waals surface area contributed by atoms with E-state index in [0.29, 0.717) is 6.42 Å². The van der Waals surface area contributed by atoms with Gasteiger partial charge in [-0.05, 0) is 49.2 Å². The van der Waals surface area contributed by atoms with Gasteiger partial charge in [0.25, 0.3) is 0 Å². The molecule has 3 atom stereocenters. The molecule has 0 saturated heterocycles. The summed E-state index contributed by atoms with van der Waals surface area (Å²) in [5.41, 5.74) is -1.78. The van der Waals surface area contributed by atoms with Crippen molar-refractivity contribution >= 4 is 0 Å². The van der Waals surface area contributed by atoms with Crippen LogP contribution < -0.4 is 5.32 Å². The number of nitrogens with one attached hydrogen (secondary N) is 1. The minimum atomic E-state index is -4.87. The zero-order chi connectivity index (χ0) is 21.2. The summed E-state index contributed by atoms with van der Waals surface area (Å²) in [6, 6.07) is 11.2. The minimum Gasteiger partial charge on any atom is -0.373 e. The Bertz CT molecular complexity index is 786. The molecule has 0 aliphatic heterocycles. The van der Waals surface area contributed by atoms with Crippen LogP contribution in [0.2, 0.25) is 0 Å². The Kier molecular flexibility index (Phi) is 6.24. The van der Waals surface area contributed by atoms with Crippen LogP contribution in [-0.2, 0) is 23.7 Å². The molecule has 2 nitrogen and oxygen atoms in total. The quantitative estimate of drug-likeness (QED) is 0.623. The lowest BCUT2D eigenvalue weighted by atomic mass is 9.92. The lowest BCUT2D eigenvalue weighted by Gasteiger charge is -2.25. The number of ether oxygens (including phenoxy) is 1. The molecule has 0 amide bonds. The fraction of sp³-hybridized carbons (Fsp3) is 0.429. The molecule has 0 unspecified atom stereocenters. The van der Waals surface area contributed by atoms with Crippen molar-refractivity contribution in [2.24, 2.45) is 0 Å². The van der Waals surface area contributed by atoms with E-state index in [4.69, 9.17) is 4.74 Å². The normalized spacial score (nSPS) is 22.8. The lowest BCUT2D eigenvalue weighted by Crippen LogP contribution is -2.32. The molecule has 1 fully saturated rings. The molecule has 1 saturated carbocycles. The predicted molar refractivity (Wildman–Crippen MR) is 96.3 cm³/mol. The van der Waals surface area contributed by atoms with Gasteiger partial charge in [0.2, 0.25) is 0 Å². The van der Waals surface area contributed by atoms with Crippen LogP contribution in [0, 0.1) is 0 Å². The molecular formula is C21H21F6NO. The van der Waals surface area contributed by atoms with Gasteiger partial charge in [-0.2, -0.15) is 26.3 Å². The molecule has 0 bridgehead atoms. The molecule has 1 N–H and O–H groups in total. The summed E-state index contributed by atoms with van der Waals surface area (Å²) in [7, 11) is 1.82. The third kappa shape index (κ3) is 5.11. The van der Waals surface area contributed by atoms with Gasteiger partial charge < -0.3 is 10.1 Å². The second-order valence-electron chi connectivity index (χ2n) is 7.17. The van der Waals surface area contributed by atoms with E-state index in [1.54, 1.807) is 0 Å². The summed E-state index contributed by atoms with van der Waals surface area (Å²) in [6.07, 6.45) is -8.58. The highest BCUT2D eigenvalue weighted by Gasteiger charge is 2.39. The monoisotopic (exact) mass is 417 g/mol. The molecule has 0 aromatic heterocycles. The Hall–Kier alpha value is -2.06. The summed E-state index contributed by atoms with van der Waals surface area (Å²) >= 11 is 0. The molecule has 1 aliphatic carbocycles. The molecule has 1 aliphatic rings. The number of alkyl halides is 6. The van der Waals surface area contributed by atoms with Gasteiger partial charge in [0.1, 0.15) is 0 Å². The Labute approximate surface area is 164 Å². The summed E-state index contributed by atoms with van der Waals surface area (Å²) in [4.78, 5) is 0. The van der Waals surface area contributed by atoms with Crippen LogP contribution in [0.4, 0.5) is 26.3 Å². The SMILES string of the molecule is CN[C@@H]1CC[C@H](OCc2cc(C(F)(F)F)cc(C(F)(F)F)c2)[C@H]1c1ccccc1. The van der Waals surface area contributed by atoms with Crippen LogP contribution in [0.3, 0.4) is 0 Å². The average molecular weight is 417 g/mol. The Morgan fingerprint density at radius 3 is 2.00 bits per heavy atom. The number of hydrogen-bond acceptors (Lipinski definition) is 2. The smallest absolute Gasteiger partial charge is 0.373 e. The summed E-state index contributed by atoms with van der Waals surface area (Å²) in [5.74, 6) is -0.0333. The van der Waals surface area contributed by atoms with E-state index in [9.17, 15) is 26.3 Å². The van der Waals surface area contributed by atoms with Gasteiger partial charge in [-0.3, -0.25) is 0 Å². The highest BCUT2D eigenvalue weighted by molar-refractivity contribution is 5.33. The third-order valence-corrected chi connectivity index (χ3v) is 5.26. The fourth-order valence-electron chi connectivity index (χ4n) is 3.90. The van der Waals surface area contributed by atoms with Gasteiger partial charge in [-0.25, -0.2) is 0 Å². The Morgan fingerprint density at radius 1 is 0.897 bits per heavy atom. The van der Waals surface area contributed by atoms with Gasteiger partial charge in [0.05, 0.1) is 23.8 Å². The van der Waals surface area contributed by atoms with E-state index in [2.05, 4.69) is 5.32 Å². The van der Waals surface area contributed by atoms with Crippen molar-refractivity contribution in [2.75, 3.05) is 7.05 Å². The van der Waals surface area contributed by atoms with Crippen molar-refractivity contribution in [3.63, 3.8) is 0 Å². The van der Waals surface area contributed by atoms with E-state index >= 15 is 0 Å². The van der Waals surface area contributed by atoms with Crippen LogP contribution in [-0.4, -0.2) is 19.2 Å². The van der Waals surface area contributed by atoms with Crippen LogP contribution in [0.15, 0.2) is 48.5 Å². The van der Waals surface area contributed by atoms with Gasteiger partial charge in [-0.1, -0.05) is 30.3 Å². The standard InChI is InChI=1S/C21H21F6NO/c1-28-17-7-8-18(19(17)14-5-3-2-4-6-14)29-12-13-9-15(20(22,23)24)11-16(10-13)21(25,26)27/h2-6,9-11,17-19,28H,7-8,12H2,1H3/t17-,18+,19+/m1/s1. The molecule has 8 heteroatoms. The van der Waals surface area contributed by atoms with Crippen LogP contribution >= 0.6 is 0 Å². The number of hydrogen-bond donors (Lipinski definition) is 1. The van der Waals surface area contributed by atoms with Crippen LogP contribution in [0.1, 0.15) is 41.0 Å². The molecule has 0 heterocycles. The summed E-state index contributed by atoms with van der Waals surface area (Å²) in [6.45, 7) is -0.322.